The summed E-state index contributed by atoms with van der Waals surface area (Å²) < 4.78 is 76.9. The molecule has 4 N–H and O–H groups in total. The second-order valence-corrected chi connectivity index (χ2v) is 11.7. The normalized spacial score (nSPS) is 14.7. The summed E-state index contributed by atoms with van der Waals surface area (Å²) in [5.41, 5.74) is 9.38. The van der Waals surface area contributed by atoms with E-state index in [1.165, 1.54) is 30.3 Å². The second-order valence-electron chi connectivity index (χ2n) is 10.1. The topological polar surface area (TPSA) is 116 Å². The van der Waals surface area contributed by atoms with Gasteiger partial charge in [-0.2, -0.15) is 18.3 Å². The van der Waals surface area contributed by atoms with Crippen LogP contribution in [-0.4, -0.2) is 24.0 Å². The number of amidine groups is 1. The fraction of sp³-hybridized carbons (Fsp3) is 0.125. The van der Waals surface area contributed by atoms with Gasteiger partial charge in [0.1, 0.15) is 11.7 Å². The monoisotopic (exact) mass is 621 g/mol. The molecule has 0 amide bonds. The Bertz CT molecular complexity index is 1920. The number of alkyl halides is 3. The van der Waals surface area contributed by atoms with Crippen molar-refractivity contribution in [1.29, 1.82) is 0 Å². The van der Waals surface area contributed by atoms with Crippen LogP contribution in [0.5, 0.6) is 0 Å². The number of fused-ring (bicyclic) bond motifs is 1. The number of hydrogen-bond acceptors (Lipinski definition) is 5. The molecule has 0 saturated heterocycles. The molecule has 0 radical (unpaired) electrons. The minimum atomic E-state index is -4.61. The van der Waals surface area contributed by atoms with Crippen LogP contribution in [0.2, 0.25) is 0 Å². The lowest BCUT2D eigenvalue weighted by Gasteiger charge is -2.22. The van der Waals surface area contributed by atoms with Gasteiger partial charge >= 0.3 is 6.18 Å². The number of sulfonamides is 1. The summed E-state index contributed by atoms with van der Waals surface area (Å²) in [6.45, 7) is 1.87. The van der Waals surface area contributed by atoms with Crippen molar-refractivity contribution in [3.8, 4) is 16.9 Å². The van der Waals surface area contributed by atoms with E-state index in [-0.39, 0.29) is 28.1 Å². The van der Waals surface area contributed by atoms with Crippen molar-refractivity contribution in [2.45, 2.75) is 30.5 Å². The third-order valence-corrected chi connectivity index (χ3v) is 7.93. The summed E-state index contributed by atoms with van der Waals surface area (Å²) in [6.07, 6.45) is -3.91. The van der Waals surface area contributed by atoms with Crippen molar-refractivity contribution in [2.75, 3.05) is 0 Å². The minimum Gasteiger partial charge on any atom is -0.383 e. The summed E-state index contributed by atoms with van der Waals surface area (Å²) in [7, 11) is -3.90. The molecular weight excluding hydrogens is 594 g/mol. The number of benzene rings is 4. The van der Waals surface area contributed by atoms with Crippen LogP contribution < -0.4 is 10.9 Å². The molecule has 1 aliphatic rings. The van der Waals surface area contributed by atoms with Gasteiger partial charge in [-0.25, -0.2) is 22.6 Å². The number of aryl methyl sites for hydroxylation is 1. The molecule has 1 aliphatic heterocycles. The van der Waals surface area contributed by atoms with Gasteiger partial charge in [0.25, 0.3) is 0 Å². The molecule has 2 heterocycles. The lowest BCUT2D eigenvalue weighted by atomic mass is 9.92. The van der Waals surface area contributed by atoms with Gasteiger partial charge in [-0.3, -0.25) is 4.99 Å². The summed E-state index contributed by atoms with van der Waals surface area (Å²) >= 11 is 0. The molecule has 0 bridgehead atoms. The molecule has 1 atom stereocenters. The van der Waals surface area contributed by atoms with E-state index < -0.39 is 21.9 Å². The van der Waals surface area contributed by atoms with E-state index in [4.69, 9.17) is 10.9 Å². The highest BCUT2D eigenvalue weighted by molar-refractivity contribution is 7.89. The predicted molar refractivity (Wildman–Crippen MR) is 160 cm³/mol. The lowest BCUT2D eigenvalue weighted by molar-refractivity contribution is -0.141. The van der Waals surface area contributed by atoms with Crippen molar-refractivity contribution < 1.29 is 26.0 Å². The highest BCUT2D eigenvalue weighted by Gasteiger charge is 2.35. The average Bonchev–Trinajstić information content (AvgIpc) is 3.44. The van der Waals surface area contributed by atoms with Gasteiger partial charge in [0.05, 0.1) is 27.9 Å². The van der Waals surface area contributed by atoms with Gasteiger partial charge in [0.2, 0.25) is 10.0 Å². The van der Waals surface area contributed by atoms with Crippen molar-refractivity contribution in [3.63, 3.8) is 0 Å². The number of halogens is 4. The smallest absolute Gasteiger partial charge is 0.383 e. The van der Waals surface area contributed by atoms with Crippen molar-refractivity contribution >= 4 is 15.9 Å². The first-order valence-corrected chi connectivity index (χ1v) is 14.9. The molecule has 226 valence electrons. The van der Waals surface area contributed by atoms with Crippen LogP contribution in [0, 0.1) is 12.7 Å². The maximum absolute atomic E-state index is 13.7. The Morgan fingerprint density at radius 2 is 1.55 bits per heavy atom. The Morgan fingerprint density at radius 1 is 0.886 bits per heavy atom. The van der Waals surface area contributed by atoms with Crippen LogP contribution in [0.15, 0.2) is 113 Å². The summed E-state index contributed by atoms with van der Waals surface area (Å²) in [4.78, 5) is 4.27. The molecule has 0 aliphatic carbocycles. The van der Waals surface area contributed by atoms with Gasteiger partial charge in [0.15, 0.2) is 5.69 Å². The number of aliphatic imine (C=N–C) groups is 1. The molecular formula is C32H27F4N5O2S. The third-order valence-electron chi connectivity index (χ3n) is 7.01. The number of primary sulfonamides is 1. The second kappa shape index (κ2) is 12.1. The summed E-state index contributed by atoms with van der Waals surface area (Å²) in [6, 6.07) is 28.0. The van der Waals surface area contributed by atoms with Gasteiger partial charge in [0, 0.05) is 5.56 Å². The van der Waals surface area contributed by atoms with Crippen molar-refractivity contribution in [2.24, 2.45) is 15.9 Å². The number of rotatable bonds is 4. The standard InChI is InChI=1S/C17H14F3N3O2S.C15H13FN2/c1-11-2-4-12(5-3-11)15-10-16(17(18,19)20)22-23(15)13-6-8-14(9-7-13)26(21,24)25;16-12-8-4-7-11-9-13(18-15(17)14(11)12)10-5-2-1-3-6-10/h2-10H,1H3,(H2,21,24,25);1-8,13H,9H2,(H2,17,18). The molecule has 0 fully saturated rings. The van der Waals surface area contributed by atoms with E-state index in [2.05, 4.69) is 10.1 Å². The Kier molecular flexibility index (Phi) is 8.40. The molecule has 1 aromatic heterocycles. The van der Waals surface area contributed by atoms with Crippen LogP contribution in [0.25, 0.3) is 16.9 Å². The molecule has 4 aromatic carbocycles. The van der Waals surface area contributed by atoms with Gasteiger partial charge in [-0.05, 0) is 60.9 Å². The number of hydrogen-bond donors (Lipinski definition) is 2. The maximum atomic E-state index is 13.7. The van der Waals surface area contributed by atoms with Gasteiger partial charge in [-0.1, -0.05) is 72.3 Å². The summed E-state index contributed by atoms with van der Waals surface area (Å²) in [5, 5.41) is 8.70. The molecule has 44 heavy (non-hydrogen) atoms. The predicted octanol–water partition coefficient (Wildman–Crippen LogP) is 6.34. The number of nitrogens with two attached hydrogens (primary N) is 2. The van der Waals surface area contributed by atoms with Crippen LogP contribution in [-0.2, 0) is 22.6 Å². The zero-order chi connectivity index (χ0) is 31.6. The van der Waals surface area contributed by atoms with E-state index >= 15 is 0 Å². The minimum absolute atomic E-state index is 0.0134. The number of aromatic nitrogens is 2. The van der Waals surface area contributed by atoms with Gasteiger partial charge < -0.3 is 5.73 Å². The quantitative estimate of drug-likeness (QED) is 0.228. The van der Waals surface area contributed by atoms with E-state index in [0.29, 0.717) is 23.4 Å². The Morgan fingerprint density at radius 3 is 2.16 bits per heavy atom. The number of nitrogens with zero attached hydrogens (tertiary/aromatic N) is 3. The first-order chi connectivity index (χ1) is 20.8. The van der Waals surface area contributed by atoms with Crippen molar-refractivity contribution in [3.05, 3.63) is 137 Å². The zero-order valence-electron chi connectivity index (χ0n) is 23.3. The largest absolute Gasteiger partial charge is 0.435 e. The molecule has 1 unspecified atom stereocenters. The van der Waals surface area contributed by atoms with Crippen LogP contribution in [0.4, 0.5) is 17.6 Å². The van der Waals surface area contributed by atoms with Crippen molar-refractivity contribution in [1.82, 2.24) is 9.78 Å². The zero-order valence-corrected chi connectivity index (χ0v) is 24.1. The van der Waals surface area contributed by atoms with E-state index in [0.717, 1.165) is 27.4 Å². The van der Waals surface area contributed by atoms with Gasteiger partial charge in [-0.15, -0.1) is 0 Å². The Balaban J connectivity index is 0.000000186. The molecule has 0 spiro atoms. The van der Waals surface area contributed by atoms with Crippen LogP contribution in [0.3, 0.4) is 0 Å². The summed E-state index contributed by atoms with van der Waals surface area (Å²) in [5.74, 6) is 0.00321. The SMILES string of the molecule is Cc1ccc(-c2cc(C(F)(F)F)nn2-c2ccc(S(N)(=O)=O)cc2)cc1.NC1=NC(c2ccccc2)Cc2cccc(F)c21. The van der Waals surface area contributed by atoms with E-state index in [9.17, 15) is 26.0 Å². The van der Waals surface area contributed by atoms with E-state index in [1.54, 1.807) is 30.3 Å². The average molecular weight is 622 g/mol. The first-order valence-electron chi connectivity index (χ1n) is 13.3. The van der Waals surface area contributed by atoms with Crippen LogP contribution >= 0.6 is 0 Å². The Hall–Kier alpha value is -4.81. The molecule has 5 aromatic rings. The fourth-order valence-electron chi connectivity index (χ4n) is 4.80. The van der Waals surface area contributed by atoms with E-state index in [1.807, 2.05) is 43.3 Å². The molecule has 0 saturated carbocycles. The maximum Gasteiger partial charge on any atom is 0.435 e. The molecule has 6 rings (SSSR count). The molecule has 12 heteroatoms. The molecule has 7 nitrogen and oxygen atoms in total. The third kappa shape index (κ3) is 6.71. The van der Waals surface area contributed by atoms with Crippen LogP contribution in [0.1, 0.15) is 34.0 Å². The highest BCUT2D eigenvalue weighted by atomic mass is 32.2. The Labute approximate surface area is 251 Å². The fourth-order valence-corrected chi connectivity index (χ4v) is 5.32. The lowest BCUT2D eigenvalue weighted by Crippen LogP contribution is -2.24. The highest BCUT2D eigenvalue weighted by Crippen LogP contribution is 2.34. The first kappa shape index (κ1) is 30.6.